The number of carbonyl (C=O) groups excluding carboxylic acids is 1. The number of nitrogens with zero attached hydrogens (tertiary/aromatic N) is 1. The van der Waals surface area contributed by atoms with Crippen LogP contribution in [0.1, 0.15) is 24.9 Å². The number of rotatable bonds is 8. The summed E-state index contributed by atoms with van der Waals surface area (Å²) in [4.78, 5) is 13.7. The molecule has 5 heteroatoms. The Labute approximate surface area is 136 Å². The van der Waals surface area contributed by atoms with Gasteiger partial charge in [-0.3, -0.25) is 4.79 Å². The average Bonchev–Trinajstić information content (AvgIpc) is 2.96. The molecule has 0 saturated carbocycles. The molecule has 0 spiro atoms. The second kappa shape index (κ2) is 8.27. The number of hydrogen-bond donors (Lipinski definition) is 0. The Morgan fingerprint density at radius 3 is 2.30 bits per heavy atom. The van der Waals surface area contributed by atoms with E-state index in [9.17, 15) is 4.79 Å². The maximum Gasteiger partial charge on any atom is 0.260 e. The smallest absolute Gasteiger partial charge is 0.260 e. The topological polar surface area (TPSA) is 51.9 Å². The average molecular weight is 317 g/mol. The summed E-state index contributed by atoms with van der Waals surface area (Å²) in [5.74, 6) is 2.93. The second-order valence-corrected chi connectivity index (χ2v) is 5.37. The lowest BCUT2D eigenvalue weighted by Gasteiger charge is -2.16. The van der Waals surface area contributed by atoms with Gasteiger partial charge in [0, 0.05) is 7.05 Å². The maximum atomic E-state index is 12.1. The fraction of sp³-hybridized carbons (Fsp3) is 0.389. The van der Waals surface area contributed by atoms with Gasteiger partial charge in [0.15, 0.2) is 6.61 Å². The number of likely N-dealkylation sites (N-methyl/N-ethyl adjacent to an activating group) is 1. The molecule has 0 atom stereocenters. The molecule has 1 heterocycles. The molecule has 0 bridgehead atoms. The van der Waals surface area contributed by atoms with E-state index < -0.39 is 0 Å². The quantitative estimate of drug-likeness (QED) is 0.748. The predicted octanol–water partition coefficient (Wildman–Crippen LogP) is 3.41. The highest BCUT2D eigenvalue weighted by molar-refractivity contribution is 5.77. The van der Waals surface area contributed by atoms with E-state index >= 15 is 0 Å². The van der Waals surface area contributed by atoms with Gasteiger partial charge in [-0.05, 0) is 49.7 Å². The first-order valence-electron chi connectivity index (χ1n) is 7.73. The number of aryl methyl sites for hydroxylation is 1. The van der Waals surface area contributed by atoms with Crippen molar-refractivity contribution in [1.29, 1.82) is 0 Å². The largest absolute Gasteiger partial charge is 0.494 e. The van der Waals surface area contributed by atoms with Crippen molar-refractivity contribution < 1.29 is 18.7 Å². The lowest BCUT2D eigenvalue weighted by Crippen LogP contribution is -2.30. The lowest BCUT2D eigenvalue weighted by atomic mass is 10.3. The van der Waals surface area contributed by atoms with Crippen LogP contribution in [0.5, 0.6) is 11.5 Å². The third kappa shape index (κ3) is 5.36. The summed E-state index contributed by atoms with van der Waals surface area (Å²) >= 11 is 0. The zero-order valence-corrected chi connectivity index (χ0v) is 13.9. The molecule has 2 aromatic rings. The SMILES string of the molecule is CCCOc1ccc(OCC(=O)N(C)Cc2ccc(C)o2)cc1. The molecule has 0 saturated heterocycles. The summed E-state index contributed by atoms with van der Waals surface area (Å²) in [6.45, 7) is 5.05. The number of furan rings is 1. The Bertz CT molecular complexity index is 618. The van der Waals surface area contributed by atoms with Crippen LogP contribution in [0, 0.1) is 6.92 Å². The molecule has 0 aliphatic heterocycles. The molecular formula is C18H23NO4. The Hall–Kier alpha value is -2.43. The molecule has 5 nitrogen and oxygen atoms in total. The van der Waals surface area contributed by atoms with Crippen molar-refractivity contribution in [2.75, 3.05) is 20.3 Å². The van der Waals surface area contributed by atoms with E-state index in [1.54, 1.807) is 24.1 Å². The lowest BCUT2D eigenvalue weighted by molar-refractivity contribution is -0.132. The van der Waals surface area contributed by atoms with Crippen molar-refractivity contribution >= 4 is 5.91 Å². The molecule has 0 aliphatic rings. The monoisotopic (exact) mass is 317 g/mol. The molecule has 0 radical (unpaired) electrons. The van der Waals surface area contributed by atoms with Crippen LogP contribution < -0.4 is 9.47 Å². The molecule has 1 aromatic carbocycles. The number of hydrogen-bond acceptors (Lipinski definition) is 4. The van der Waals surface area contributed by atoms with Crippen LogP contribution in [0.3, 0.4) is 0 Å². The molecule has 1 aromatic heterocycles. The Morgan fingerprint density at radius 1 is 1.09 bits per heavy atom. The van der Waals surface area contributed by atoms with Gasteiger partial charge in [-0.1, -0.05) is 6.92 Å². The minimum absolute atomic E-state index is 0.00858. The van der Waals surface area contributed by atoms with Crippen LogP contribution in [-0.2, 0) is 11.3 Å². The van der Waals surface area contributed by atoms with Crippen molar-refractivity contribution in [2.45, 2.75) is 26.8 Å². The van der Waals surface area contributed by atoms with E-state index in [-0.39, 0.29) is 12.5 Å². The number of ether oxygens (including phenoxy) is 2. The molecule has 1 amide bonds. The van der Waals surface area contributed by atoms with E-state index in [0.717, 1.165) is 23.7 Å². The van der Waals surface area contributed by atoms with Gasteiger partial charge in [0.25, 0.3) is 5.91 Å². The summed E-state index contributed by atoms with van der Waals surface area (Å²) in [5.41, 5.74) is 0. The molecule has 0 fully saturated rings. The molecule has 0 unspecified atom stereocenters. The standard InChI is InChI=1S/C18H23NO4/c1-4-11-21-15-7-9-16(10-8-15)22-13-18(20)19(3)12-17-6-5-14(2)23-17/h5-10H,4,11-13H2,1-3H3. The number of amides is 1. The summed E-state index contributed by atoms with van der Waals surface area (Å²) in [6, 6.07) is 11.0. The first-order chi connectivity index (χ1) is 11.1. The summed E-state index contributed by atoms with van der Waals surface area (Å²) < 4.78 is 16.5. The minimum atomic E-state index is -0.106. The maximum absolute atomic E-state index is 12.1. The molecule has 0 aliphatic carbocycles. The van der Waals surface area contributed by atoms with Gasteiger partial charge >= 0.3 is 0 Å². The summed E-state index contributed by atoms with van der Waals surface area (Å²) in [6.07, 6.45) is 0.967. The third-order valence-corrected chi connectivity index (χ3v) is 3.27. The van der Waals surface area contributed by atoms with Gasteiger partial charge in [0.2, 0.25) is 0 Å². The van der Waals surface area contributed by atoms with Gasteiger partial charge < -0.3 is 18.8 Å². The Kier molecular flexibility index (Phi) is 6.09. The highest BCUT2D eigenvalue weighted by Gasteiger charge is 2.12. The summed E-state index contributed by atoms with van der Waals surface area (Å²) in [5, 5.41) is 0. The van der Waals surface area contributed by atoms with Gasteiger partial charge in [-0.2, -0.15) is 0 Å². The number of benzene rings is 1. The van der Waals surface area contributed by atoms with Crippen molar-refractivity contribution in [3.05, 3.63) is 47.9 Å². The van der Waals surface area contributed by atoms with Crippen LogP contribution in [0.15, 0.2) is 40.8 Å². The van der Waals surface area contributed by atoms with E-state index in [4.69, 9.17) is 13.9 Å². The first kappa shape index (κ1) is 16.9. The van der Waals surface area contributed by atoms with E-state index in [2.05, 4.69) is 6.92 Å². The van der Waals surface area contributed by atoms with Crippen LogP contribution >= 0.6 is 0 Å². The van der Waals surface area contributed by atoms with Crippen molar-refractivity contribution in [1.82, 2.24) is 4.90 Å². The second-order valence-electron chi connectivity index (χ2n) is 5.37. The zero-order valence-electron chi connectivity index (χ0n) is 13.9. The minimum Gasteiger partial charge on any atom is -0.494 e. The normalized spacial score (nSPS) is 10.4. The Balaban J connectivity index is 1.79. The predicted molar refractivity (Wildman–Crippen MR) is 87.6 cm³/mol. The van der Waals surface area contributed by atoms with E-state index in [1.165, 1.54) is 0 Å². The van der Waals surface area contributed by atoms with E-state index in [1.807, 2.05) is 31.2 Å². The molecule has 2 rings (SSSR count). The van der Waals surface area contributed by atoms with Crippen molar-refractivity contribution in [3.63, 3.8) is 0 Å². The third-order valence-electron chi connectivity index (χ3n) is 3.27. The van der Waals surface area contributed by atoms with Gasteiger partial charge in [0.05, 0.1) is 13.2 Å². The fourth-order valence-corrected chi connectivity index (χ4v) is 2.00. The van der Waals surface area contributed by atoms with E-state index in [0.29, 0.717) is 18.9 Å². The van der Waals surface area contributed by atoms with Crippen LogP contribution in [0.4, 0.5) is 0 Å². The van der Waals surface area contributed by atoms with Crippen molar-refractivity contribution in [2.24, 2.45) is 0 Å². The summed E-state index contributed by atoms with van der Waals surface area (Å²) in [7, 11) is 1.73. The zero-order chi connectivity index (χ0) is 16.7. The van der Waals surface area contributed by atoms with Crippen LogP contribution in [-0.4, -0.2) is 31.1 Å². The van der Waals surface area contributed by atoms with Crippen LogP contribution in [0.25, 0.3) is 0 Å². The van der Waals surface area contributed by atoms with Gasteiger partial charge in [-0.25, -0.2) is 0 Å². The number of carbonyl (C=O) groups is 1. The Morgan fingerprint density at radius 2 is 1.74 bits per heavy atom. The molecule has 0 N–H and O–H groups in total. The van der Waals surface area contributed by atoms with Crippen molar-refractivity contribution in [3.8, 4) is 11.5 Å². The molecule has 23 heavy (non-hydrogen) atoms. The first-order valence-corrected chi connectivity index (χ1v) is 7.73. The molecular weight excluding hydrogens is 294 g/mol. The van der Waals surface area contributed by atoms with Crippen LogP contribution in [0.2, 0.25) is 0 Å². The highest BCUT2D eigenvalue weighted by Crippen LogP contribution is 2.18. The van der Waals surface area contributed by atoms with Gasteiger partial charge in [-0.15, -0.1) is 0 Å². The highest BCUT2D eigenvalue weighted by atomic mass is 16.5. The van der Waals surface area contributed by atoms with Gasteiger partial charge in [0.1, 0.15) is 23.0 Å². The fourth-order valence-electron chi connectivity index (χ4n) is 2.00. The molecule has 124 valence electrons.